The van der Waals surface area contributed by atoms with E-state index in [1.54, 1.807) is 20.3 Å². The van der Waals surface area contributed by atoms with Crippen LogP contribution < -0.4 is 24.8 Å². The molecule has 0 amide bonds. The van der Waals surface area contributed by atoms with Gasteiger partial charge in [-0.05, 0) is 68.4 Å². The topological polar surface area (TPSA) is 51.8 Å². The predicted octanol–water partition coefficient (Wildman–Crippen LogP) is 4.07. The number of hydrogen-bond donors (Lipinski definition) is 2. The molecule has 140 valence electrons. The Balaban J connectivity index is 1.87. The number of methoxy groups -OCH3 is 2. The lowest BCUT2D eigenvalue weighted by molar-refractivity contribution is 0.287. The van der Waals surface area contributed by atoms with Gasteiger partial charge in [-0.25, -0.2) is 0 Å². The summed E-state index contributed by atoms with van der Waals surface area (Å²) in [5.41, 5.74) is 3.24. The Morgan fingerprint density at radius 3 is 2.38 bits per heavy atom. The van der Waals surface area contributed by atoms with Gasteiger partial charge in [0.25, 0.3) is 0 Å². The maximum atomic E-state index is 5.84. The molecule has 26 heavy (non-hydrogen) atoms. The van der Waals surface area contributed by atoms with Crippen molar-refractivity contribution in [3.63, 3.8) is 0 Å². The number of nitrogens with one attached hydrogen (secondary N) is 2. The molecule has 0 bridgehead atoms. The summed E-state index contributed by atoms with van der Waals surface area (Å²) in [5, 5.41) is 6.86. The zero-order valence-electron chi connectivity index (χ0n) is 15.9. The van der Waals surface area contributed by atoms with Gasteiger partial charge in [-0.3, -0.25) is 0 Å². The van der Waals surface area contributed by atoms with Crippen LogP contribution in [0.15, 0.2) is 36.4 Å². The molecule has 0 spiro atoms. The summed E-state index contributed by atoms with van der Waals surface area (Å²) in [6.07, 6.45) is 0. The summed E-state index contributed by atoms with van der Waals surface area (Å²) in [4.78, 5) is 0. The lowest BCUT2D eigenvalue weighted by Gasteiger charge is -2.19. The van der Waals surface area contributed by atoms with E-state index in [9.17, 15) is 0 Å². The van der Waals surface area contributed by atoms with Crippen LogP contribution >= 0.6 is 12.2 Å². The molecule has 2 rings (SSSR count). The van der Waals surface area contributed by atoms with Gasteiger partial charge in [-0.1, -0.05) is 6.07 Å². The normalized spacial score (nSPS) is 11.4. The van der Waals surface area contributed by atoms with Crippen molar-refractivity contribution in [1.82, 2.24) is 5.32 Å². The van der Waals surface area contributed by atoms with Gasteiger partial charge >= 0.3 is 0 Å². The third kappa shape index (κ3) is 5.52. The molecular weight excluding hydrogens is 348 g/mol. The first-order valence-electron chi connectivity index (χ1n) is 8.42. The highest BCUT2D eigenvalue weighted by atomic mass is 32.1. The van der Waals surface area contributed by atoms with Gasteiger partial charge in [0.05, 0.1) is 25.9 Å². The molecule has 0 aromatic heterocycles. The first kappa shape index (κ1) is 19.8. The van der Waals surface area contributed by atoms with E-state index < -0.39 is 0 Å². The molecule has 0 unspecified atom stereocenters. The molecule has 2 aromatic rings. The second-order valence-corrected chi connectivity index (χ2v) is 6.53. The van der Waals surface area contributed by atoms with Crippen molar-refractivity contribution < 1.29 is 14.2 Å². The van der Waals surface area contributed by atoms with E-state index in [2.05, 4.69) is 30.5 Å². The van der Waals surface area contributed by atoms with Crippen LogP contribution in [0, 0.1) is 13.8 Å². The average molecular weight is 375 g/mol. The van der Waals surface area contributed by atoms with Crippen molar-refractivity contribution in [3.05, 3.63) is 47.5 Å². The van der Waals surface area contributed by atoms with E-state index >= 15 is 0 Å². The van der Waals surface area contributed by atoms with Gasteiger partial charge in [0.15, 0.2) is 5.11 Å². The molecule has 1 atom stereocenters. The minimum absolute atomic E-state index is 0.0425. The third-order valence-corrected chi connectivity index (χ3v) is 4.23. The van der Waals surface area contributed by atoms with Gasteiger partial charge in [0.2, 0.25) is 0 Å². The highest BCUT2D eigenvalue weighted by molar-refractivity contribution is 7.80. The summed E-state index contributed by atoms with van der Waals surface area (Å²) >= 11 is 5.39. The molecule has 2 N–H and O–H groups in total. The SMILES string of the molecule is COc1ccc(NC(=S)N[C@H](C)COc2ccc(C)c(C)c2)c(OC)c1. The molecule has 2 aromatic carbocycles. The van der Waals surface area contributed by atoms with Gasteiger partial charge in [0, 0.05) is 6.07 Å². The molecule has 0 aliphatic rings. The molecule has 0 saturated carbocycles. The first-order chi connectivity index (χ1) is 12.4. The summed E-state index contributed by atoms with van der Waals surface area (Å²) in [6.45, 7) is 6.68. The monoisotopic (exact) mass is 374 g/mol. The summed E-state index contributed by atoms with van der Waals surface area (Å²) in [6, 6.07) is 11.6. The van der Waals surface area contributed by atoms with Crippen LogP contribution in [0.25, 0.3) is 0 Å². The molecule has 5 nitrogen and oxygen atoms in total. The van der Waals surface area contributed by atoms with Crippen molar-refractivity contribution in [1.29, 1.82) is 0 Å². The Morgan fingerprint density at radius 1 is 1.00 bits per heavy atom. The second kappa shape index (κ2) is 9.29. The lowest BCUT2D eigenvalue weighted by atomic mass is 10.1. The van der Waals surface area contributed by atoms with E-state index in [0.717, 1.165) is 17.2 Å². The predicted molar refractivity (Wildman–Crippen MR) is 110 cm³/mol. The Bertz CT molecular complexity index is 765. The third-order valence-electron chi connectivity index (χ3n) is 4.01. The summed E-state index contributed by atoms with van der Waals surface area (Å²) in [7, 11) is 3.22. The van der Waals surface area contributed by atoms with Crippen molar-refractivity contribution in [3.8, 4) is 17.2 Å². The molecule has 0 radical (unpaired) electrons. The Labute approximate surface area is 160 Å². The van der Waals surface area contributed by atoms with E-state index in [4.69, 9.17) is 26.4 Å². The maximum Gasteiger partial charge on any atom is 0.171 e. The average Bonchev–Trinajstić information content (AvgIpc) is 2.63. The second-order valence-electron chi connectivity index (χ2n) is 6.12. The highest BCUT2D eigenvalue weighted by Gasteiger charge is 2.10. The number of hydrogen-bond acceptors (Lipinski definition) is 4. The minimum Gasteiger partial charge on any atom is -0.497 e. The maximum absolute atomic E-state index is 5.84. The molecule has 0 aliphatic heterocycles. The largest absolute Gasteiger partial charge is 0.497 e. The number of thiocarbonyl (C=S) groups is 1. The van der Waals surface area contributed by atoms with E-state index in [0.29, 0.717) is 17.5 Å². The summed E-state index contributed by atoms with van der Waals surface area (Å²) < 4.78 is 16.4. The molecule has 0 fully saturated rings. The zero-order valence-corrected chi connectivity index (χ0v) is 16.7. The van der Waals surface area contributed by atoms with Crippen molar-refractivity contribution in [2.45, 2.75) is 26.8 Å². The first-order valence-corrected chi connectivity index (χ1v) is 8.83. The smallest absolute Gasteiger partial charge is 0.171 e. The van der Waals surface area contributed by atoms with E-state index in [1.165, 1.54) is 11.1 Å². The van der Waals surface area contributed by atoms with Crippen molar-refractivity contribution in [2.24, 2.45) is 0 Å². The molecule has 6 heteroatoms. The van der Waals surface area contributed by atoms with Gasteiger partial charge in [-0.2, -0.15) is 0 Å². The quantitative estimate of drug-likeness (QED) is 0.713. The number of rotatable bonds is 7. The van der Waals surface area contributed by atoms with Crippen LogP contribution in [-0.2, 0) is 0 Å². The lowest BCUT2D eigenvalue weighted by Crippen LogP contribution is -2.39. The molecular formula is C20H26N2O3S. The number of anilines is 1. The Hall–Kier alpha value is -2.47. The van der Waals surface area contributed by atoms with Gasteiger partial charge in [-0.15, -0.1) is 0 Å². The fraction of sp³-hybridized carbons (Fsp3) is 0.350. The molecule has 0 heterocycles. The summed E-state index contributed by atoms with van der Waals surface area (Å²) in [5.74, 6) is 2.24. The van der Waals surface area contributed by atoms with E-state index in [1.807, 2.05) is 31.2 Å². The van der Waals surface area contributed by atoms with Crippen molar-refractivity contribution >= 4 is 23.0 Å². The fourth-order valence-corrected chi connectivity index (χ4v) is 2.66. The Morgan fingerprint density at radius 2 is 1.73 bits per heavy atom. The van der Waals surface area contributed by atoms with Gasteiger partial charge in [0.1, 0.15) is 23.9 Å². The fourth-order valence-electron chi connectivity index (χ4n) is 2.35. The standard InChI is InChI=1S/C20H26N2O3S/c1-13-6-7-17(10-14(13)2)25-12-15(3)21-20(26)22-18-9-8-16(23-4)11-19(18)24-5/h6-11,15H,12H2,1-5H3,(H2,21,22,26)/t15-/m1/s1. The number of aryl methyl sites for hydroxylation is 2. The van der Waals surface area contributed by atoms with Crippen LogP contribution in [0.1, 0.15) is 18.1 Å². The Kier molecular flexibility index (Phi) is 7.09. The van der Waals surface area contributed by atoms with Crippen LogP contribution in [0.5, 0.6) is 17.2 Å². The number of benzene rings is 2. The minimum atomic E-state index is 0.0425. The number of ether oxygens (including phenoxy) is 3. The van der Waals surface area contributed by atoms with Crippen LogP contribution in [0.4, 0.5) is 5.69 Å². The highest BCUT2D eigenvalue weighted by Crippen LogP contribution is 2.28. The van der Waals surface area contributed by atoms with Crippen molar-refractivity contribution in [2.75, 3.05) is 26.1 Å². The van der Waals surface area contributed by atoms with Gasteiger partial charge < -0.3 is 24.8 Å². The van der Waals surface area contributed by atoms with Crippen LogP contribution in [0.2, 0.25) is 0 Å². The van der Waals surface area contributed by atoms with Crippen LogP contribution in [-0.4, -0.2) is 32.0 Å². The van der Waals surface area contributed by atoms with E-state index in [-0.39, 0.29) is 6.04 Å². The molecule has 0 aliphatic carbocycles. The zero-order chi connectivity index (χ0) is 19.1. The molecule has 0 saturated heterocycles. The van der Waals surface area contributed by atoms with Crippen LogP contribution in [0.3, 0.4) is 0 Å².